The molecule has 0 radical (unpaired) electrons. The highest BCUT2D eigenvalue weighted by Crippen LogP contribution is 2.25. The van der Waals surface area contributed by atoms with Gasteiger partial charge in [0.2, 0.25) is 5.88 Å². The van der Waals surface area contributed by atoms with Gasteiger partial charge in [-0.25, -0.2) is 0 Å². The number of hydrogen-bond acceptors (Lipinski definition) is 5. The van der Waals surface area contributed by atoms with Crippen molar-refractivity contribution in [3.63, 3.8) is 0 Å². The lowest BCUT2D eigenvalue weighted by molar-refractivity contribution is 0.125. The summed E-state index contributed by atoms with van der Waals surface area (Å²) in [6, 6.07) is 7.47. The molecule has 0 saturated heterocycles. The van der Waals surface area contributed by atoms with Crippen LogP contribution in [0.25, 0.3) is 0 Å². The van der Waals surface area contributed by atoms with Crippen molar-refractivity contribution < 1.29 is 9.15 Å². The van der Waals surface area contributed by atoms with Gasteiger partial charge >= 0.3 is 0 Å². The van der Waals surface area contributed by atoms with Crippen molar-refractivity contribution in [3.8, 4) is 5.88 Å². The maximum absolute atomic E-state index is 5.87. The first-order valence-corrected chi connectivity index (χ1v) is 6.58. The molecule has 0 spiro atoms. The molecule has 2 aromatic rings. The van der Waals surface area contributed by atoms with Crippen LogP contribution in [-0.2, 0) is 6.54 Å². The lowest BCUT2D eigenvalue weighted by Crippen LogP contribution is -2.24. The fourth-order valence-electron chi connectivity index (χ4n) is 1.68. The molecule has 0 aliphatic heterocycles. The molecular formula is C15H21N3O2. The number of rotatable bonds is 4. The summed E-state index contributed by atoms with van der Waals surface area (Å²) in [7, 11) is 0. The van der Waals surface area contributed by atoms with Crippen LogP contribution in [0.5, 0.6) is 5.88 Å². The van der Waals surface area contributed by atoms with Crippen molar-refractivity contribution in [3.05, 3.63) is 35.8 Å². The lowest BCUT2D eigenvalue weighted by Gasteiger charge is -2.21. The van der Waals surface area contributed by atoms with Gasteiger partial charge in [0.1, 0.15) is 22.9 Å². The number of anilines is 2. The molecule has 0 aliphatic rings. The van der Waals surface area contributed by atoms with Crippen LogP contribution >= 0.6 is 0 Å². The molecule has 2 heterocycles. The number of furan rings is 1. The number of aryl methyl sites for hydroxylation is 1. The van der Waals surface area contributed by atoms with Gasteiger partial charge in [0.05, 0.1) is 12.2 Å². The van der Waals surface area contributed by atoms with Gasteiger partial charge in [0, 0.05) is 0 Å². The molecule has 2 rings (SSSR count). The van der Waals surface area contributed by atoms with Crippen molar-refractivity contribution in [2.24, 2.45) is 0 Å². The van der Waals surface area contributed by atoms with Crippen LogP contribution in [0, 0.1) is 6.92 Å². The van der Waals surface area contributed by atoms with E-state index in [0.29, 0.717) is 23.9 Å². The monoisotopic (exact) mass is 275 g/mol. The van der Waals surface area contributed by atoms with Crippen molar-refractivity contribution in [1.29, 1.82) is 0 Å². The first kappa shape index (κ1) is 14.2. The average Bonchev–Trinajstić information content (AvgIpc) is 2.74. The van der Waals surface area contributed by atoms with Crippen molar-refractivity contribution in [2.75, 3.05) is 11.1 Å². The van der Waals surface area contributed by atoms with E-state index in [-0.39, 0.29) is 5.60 Å². The van der Waals surface area contributed by atoms with Crippen molar-refractivity contribution in [1.82, 2.24) is 4.98 Å². The minimum absolute atomic E-state index is 0.335. The van der Waals surface area contributed by atoms with Crippen LogP contribution in [-0.4, -0.2) is 10.6 Å². The van der Waals surface area contributed by atoms with E-state index in [0.717, 1.165) is 11.5 Å². The molecule has 0 fully saturated rings. The summed E-state index contributed by atoms with van der Waals surface area (Å²) in [5, 5.41) is 3.19. The number of pyridine rings is 1. The SMILES string of the molecule is Cc1ccc(CNc2ccc(N)c(OC(C)(C)C)n2)o1. The minimum Gasteiger partial charge on any atom is -0.470 e. The van der Waals surface area contributed by atoms with Crippen LogP contribution < -0.4 is 15.8 Å². The van der Waals surface area contributed by atoms with Gasteiger partial charge in [-0.05, 0) is 52.0 Å². The Hall–Kier alpha value is -2.17. The number of aromatic nitrogens is 1. The van der Waals surface area contributed by atoms with Crippen LogP contribution in [0.3, 0.4) is 0 Å². The highest BCUT2D eigenvalue weighted by Gasteiger charge is 2.15. The zero-order valence-electron chi connectivity index (χ0n) is 12.4. The molecule has 3 N–H and O–H groups in total. The zero-order chi connectivity index (χ0) is 14.8. The van der Waals surface area contributed by atoms with Crippen molar-refractivity contribution in [2.45, 2.75) is 39.8 Å². The second-order valence-corrected chi connectivity index (χ2v) is 5.67. The van der Waals surface area contributed by atoms with Crippen LogP contribution in [0.2, 0.25) is 0 Å². The van der Waals surface area contributed by atoms with Gasteiger partial charge in [-0.2, -0.15) is 4.98 Å². The van der Waals surface area contributed by atoms with Gasteiger partial charge in [-0.1, -0.05) is 0 Å². The Morgan fingerprint density at radius 2 is 2.00 bits per heavy atom. The van der Waals surface area contributed by atoms with Gasteiger partial charge in [0.25, 0.3) is 0 Å². The Labute approximate surface area is 119 Å². The van der Waals surface area contributed by atoms with Gasteiger partial charge < -0.3 is 20.2 Å². The van der Waals surface area contributed by atoms with E-state index in [9.17, 15) is 0 Å². The average molecular weight is 275 g/mol. The predicted octanol–water partition coefficient (Wildman–Crippen LogP) is 3.35. The number of nitrogens with two attached hydrogens (primary N) is 1. The predicted molar refractivity (Wildman–Crippen MR) is 79.8 cm³/mol. The van der Waals surface area contributed by atoms with Crippen LogP contribution in [0.1, 0.15) is 32.3 Å². The number of nitrogen functional groups attached to an aromatic ring is 1. The zero-order valence-corrected chi connectivity index (χ0v) is 12.4. The maximum Gasteiger partial charge on any atom is 0.239 e. The third-order valence-corrected chi connectivity index (χ3v) is 2.53. The quantitative estimate of drug-likeness (QED) is 0.895. The summed E-state index contributed by atoms with van der Waals surface area (Å²) in [6.45, 7) is 8.36. The number of hydrogen-bond donors (Lipinski definition) is 2. The topological polar surface area (TPSA) is 73.3 Å². The summed E-state index contributed by atoms with van der Waals surface area (Å²) >= 11 is 0. The van der Waals surface area contributed by atoms with Gasteiger partial charge in [-0.15, -0.1) is 0 Å². The summed E-state index contributed by atoms with van der Waals surface area (Å²) in [6.07, 6.45) is 0. The summed E-state index contributed by atoms with van der Waals surface area (Å²) in [4.78, 5) is 4.38. The second-order valence-electron chi connectivity index (χ2n) is 5.67. The highest BCUT2D eigenvalue weighted by molar-refractivity contribution is 5.53. The standard InChI is InChI=1S/C15H21N3O2/c1-10-5-6-11(19-10)9-17-13-8-7-12(16)14(18-13)20-15(2,3)4/h5-8H,9,16H2,1-4H3,(H,17,18). The Kier molecular flexibility index (Phi) is 3.88. The van der Waals surface area contributed by atoms with Gasteiger partial charge in [0.15, 0.2) is 0 Å². The third-order valence-electron chi connectivity index (χ3n) is 2.53. The van der Waals surface area contributed by atoms with Crippen LogP contribution in [0.15, 0.2) is 28.7 Å². The van der Waals surface area contributed by atoms with E-state index < -0.39 is 0 Å². The van der Waals surface area contributed by atoms with E-state index in [1.54, 1.807) is 6.07 Å². The summed E-state index contributed by atoms with van der Waals surface area (Å²) in [5.74, 6) is 2.90. The minimum atomic E-state index is -0.335. The fourth-order valence-corrected chi connectivity index (χ4v) is 1.68. The van der Waals surface area contributed by atoms with Crippen molar-refractivity contribution >= 4 is 11.5 Å². The molecule has 0 atom stereocenters. The van der Waals surface area contributed by atoms with E-state index >= 15 is 0 Å². The molecule has 0 aromatic carbocycles. The van der Waals surface area contributed by atoms with Crippen LogP contribution in [0.4, 0.5) is 11.5 Å². The molecule has 0 unspecified atom stereocenters. The van der Waals surface area contributed by atoms with E-state index in [1.807, 2.05) is 45.9 Å². The molecule has 0 amide bonds. The summed E-state index contributed by atoms with van der Waals surface area (Å²) < 4.78 is 11.2. The van der Waals surface area contributed by atoms with E-state index in [2.05, 4.69) is 10.3 Å². The Morgan fingerprint density at radius 3 is 2.60 bits per heavy atom. The molecule has 2 aromatic heterocycles. The molecular weight excluding hydrogens is 254 g/mol. The number of nitrogens with one attached hydrogen (secondary N) is 1. The normalized spacial score (nSPS) is 11.4. The Balaban J connectivity index is 2.07. The number of ether oxygens (including phenoxy) is 1. The highest BCUT2D eigenvalue weighted by atomic mass is 16.5. The molecule has 5 heteroatoms. The lowest BCUT2D eigenvalue weighted by atomic mass is 10.2. The first-order chi connectivity index (χ1) is 9.33. The molecule has 5 nitrogen and oxygen atoms in total. The molecule has 0 bridgehead atoms. The number of nitrogens with zero attached hydrogens (tertiary/aromatic N) is 1. The molecule has 0 saturated carbocycles. The maximum atomic E-state index is 5.87. The molecule has 108 valence electrons. The van der Waals surface area contributed by atoms with Gasteiger partial charge in [-0.3, -0.25) is 0 Å². The first-order valence-electron chi connectivity index (χ1n) is 6.58. The Bertz CT molecular complexity index is 585. The second kappa shape index (κ2) is 5.45. The Morgan fingerprint density at radius 1 is 1.25 bits per heavy atom. The molecule has 0 aliphatic carbocycles. The smallest absolute Gasteiger partial charge is 0.239 e. The van der Waals surface area contributed by atoms with E-state index in [4.69, 9.17) is 14.9 Å². The largest absolute Gasteiger partial charge is 0.470 e. The summed E-state index contributed by atoms with van der Waals surface area (Å²) in [5.41, 5.74) is 6.07. The molecule has 20 heavy (non-hydrogen) atoms. The fraction of sp³-hybridized carbons (Fsp3) is 0.400. The van der Waals surface area contributed by atoms with E-state index in [1.165, 1.54) is 0 Å². The third kappa shape index (κ3) is 3.91.